The van der Waals surface area contributed by atoms with Gasteiger partial charge in [0.15, 0.2) is 0 Å². The molecule has 2 amide bonds. The van der Waals surface area contributed by atoms with E-state index in [1.807, 2.05) is 44.2 Å². The van der Waals surface area contributed by atoms with Crippen molar-refractivity contribution >= 4 is 19.6 Å². The summed E-state index contributed by atoms with van der Waals surface area (Å²) in [5.41, 5.74) is 1.55. The highest BCUT2D eigenvalue weighted by Crippen LogP contribution is 2.35. The summed E-state index contributed by atoms with van der Waals surface area (Å²) in [6.45, 7) is 3.80. The Labute approximate surface area is 193 Å². The molecule has 0 aliphatic rings. The Kier molecular flexibility index (Phi) is 9.91. The lowest BCUT2D eigenvalue weighted by Gasteiger charge is -2.27. The fraction of sp³-hybridized carbons (Fsp3) is 0.391. The molecule has 0 saturated carbocycles. The molecule has 2 aromatic carbocycles. The monoisotopic (exact) mass is 478 g/mol. The van der Waals surface area contributed by atoms with E-state index in [4.69, 9.17) is 9.47 Å². The molecule has 0 aromatic heterocycles. The lowest BCUT2D eigenvalue weighted by Crippen LogP contribution is -2.50. The number of carbonyl (C=O) groups is 2. The summed E-state index contributed by atoms with van der Waals surface area (Å²) in [5.74, 6) is -0.0354. The molecule has 0 unspecified atom stereocenters. The van der Waals surface area contributed by atoms with Crippen LogP contribution < -0.4 is 10.1 Å². The molecule has 180 valence electrons. The van der Waals surface area contributed by atoms with E-state index >= 15 is 0 Å². The number of benzene rings is 2. The summed E-state index contributed by atoms with van der Waals surface area (Å²) in [6.07, 6.45) is -0.611. The number of hydrogen-bond donors (Lipinski definition) is 3. The van der Waals surface area contributed by atoms with Crippen LogP contribution in [0.1, 0.15) is 25.0 Å². The lowest BCUT2D eigenvalue weighted by molar-refractivity contribution is -0.147. The van der Waals surface area contributed by atoms with Crippen molar-refractivity contribution < 1.29 is 33.4 Å². The highest BCUT2D eigenvalue weighted by Gasteiger charge is 2.29. The molecule has 2 rings (SSSR count). The van der Waals surface area contributed by atoms with Gasteiger partial charge in [-0.05, 0) is 29.2 Å². The van der Waals surface area contributed by atoms with Crippen LogP contribution in [-0.2, 0) is 27.1 Å². The normalized spacial score (nSPS) is 12.2. The number of amides is 2. The number of urea groups is 1. The summed E-state index contributed by atoms with van der Waals surface area (Å²) in [7, 11) is -2.95. The van der Waals surface area contributed by atoms with E-state index in [0.717, 1.165) is 16.0 Å². The van der Waals surface area contributed by atoms with Gasteiger partial charge in [0.05, 0.1) is 7.11 Å². The standard InChI is InChI=1S/C23H31N2O7P/c1-17(2)14-25(16-33(28,29)30)23(27)24-21(13-18-9-11-20(31-3)12-10-18)22(26)32-15-19-7-5-4-6-8-19/h4-12,17,21H,13-16H2,1-3H3,(H,24,27)(H2,28,29,30)/t21-/m1/s1. The summed E-state index contributed by atoms with van der Waals surface area (Å²) in [6, 6.07) is 14.3. The van der Waals surface area contributed by atoms with Crippen molar-refractivity contribution in [1.82, 2.24) is 10.2 Å². The van der Waals surface area contributed by atoms with E-state index in [0.29, 0.717) is 5.75 Å². The van der Waals surface area contributed by atoms with Crippen LogP contribution in [-0.4, -0.2) is 52.7 Å². The van der Waals surface area contributed by atoms with Crippen molar-refractivity contribution in [3.63, 3.8) is 0 Å². The van der Waals surface area contributed by atoms with Gasteiger partial charge < -0.3 is 29.5 Å². The van der Waals surface area contributed by atoms with Crippen molar-refractivity contribution in [3.8, 4) is 5.75 Å². The Bertz CT molecular complexity index is 945. The third kappa shape index (κ3) is 9.65. The Morgan fingerprint density at radius 3 is 2.21 bits per heavy atom. The largest absolute Gasteiger partial charge is 0.497 e. The smallest absolute Gasteiger partial charge is 0.344 e. The van der Waals surface area contributed by atoms with E-state index in [1.54, 1.807) is 31.4 Å². The number of methoxy groups -OCH3 is 1. The molecule has 0 fully saturated rings. The second-order valence-electron chi connectivity index (χ2n) is 8.07. The zero-order chi connectivity index (χ0) is 24.4. The van der Waals surface area contributed by atoms with Crippen LogP contribution in [0.25, 0.3) is 0 Å². The van der Waals surface area contributed by atoms with Crippen molar-refractivity contribution in [2.75, 3.05) is 19.9 Å². The van der Waals surface area contributed by atoms with Gasteiger partial charge in [-0.3, -0.25) is 4.57 Å². The van der Waals surface area contributed by atoms with Gasteiger partial charge in [0.2, 0.25) is 0 Å². The zero-order valence-corrected chi connectivity index (χ0v) is 19.9. The molecule has 0 radical (unpaired) electrons. The highest BCUT2D eigenvalue weighted by atomic mass is 31.2. The van der Waals surface area contributed by atoms with E-state index in [9.17, 15) is 23.9 Å². The second-order valence-corrected chi connectivity index (χ2v) is 9.68. The van der Waals surface area contributed by atoms with Crippen LogP contribution in [0.3, 0.4) is 0 Å². The molecule has 0 saturated heterocycles. The number of rotatable bonds is 11. The number of carbonyl (C=O) groups excluding carboxylic acids is 2. The number of hydrogen-bond acceptors (Lipinski definition) is 5. The molecule has 10 heteroatoms. The van der Waals surface area contributed by atoms with Crippen LogP contribution in [0.15, 0.2) is 54.6 Å². The Hall–Kier alpha value is -2.87. The first-order valence-corrected chi connectivity index (χ1v) is 12.3. The van der Waals surface area contributed by atoms with Gasteiger partial charge >= 0.3 is 19.6 Å². The molecule has 2 aromatic rings. The van der Waals surface area contributed by atoms with Gasteiger partial charge in [-0.2, -0.15) is 0 Å². The van der Waals surface area contributed by atoms with Crippen molar-refractivity contribution in [2.45, 2.75) is 32.9 Å². The van der Waals surface area contributed by atoms with Gasteiger partial charge in [0.25, 0.3) is 0 Å². The van der Waals surface area contributed by atoms with Crippen molar-refractivity contribution in [1.29, 1.82) is 0 Å². The quantitative estimate of drug-likeness (QED) is 0.335. The molecule has 9 nitrogen and oxygen atoms in total. The van der Waals surface area contributed by atoms with Gasteiger partial charge in [-0.15, -0.1) is 0 Å². The summed E-state index contributed by atoms with van der Waals surface area (Å²) in [4.78, 5) is 45.5. The third-order valence-corrected chi connectivity index (χ3v) is 5.34. The molecule has 0 spiro atoms. The first-order valence-electron chi connectivity index (χ1n) is 10.5. The molecule has 0 heterocycles. The van der Waals surface area contributed by atoms with Crippen molar-refractivity contribution in [2.24, 2.45) is 5.92 Å². The van der Waals surface area contributed by atoms with Crippen LogP contribution >= 0.6 is 7.60 Å². The molecular weight excluding hydrogens is 447 g/mol. The van der Waals surface area contributed by atoms with Gasteiger partial charge in [-0.25, -0.2) is 9.59 Å². The van der Waals surface area contributed by atoms with E-state index in [2.05, 4.69) is 5.32 Å². The maximum absolute atomic E-state index is 12.9. The maximum Gasteiger partial charge on any atom is 0.344 e. The minimum Gasteiger partial charge on any atom is -0.497 e. The third-order valence-electron chi connectivity index (χ3n) is 4.63. The lowest BCUT2D eigenvalue weighted by atomic mass is 10.1. The number of nitrogens with zero attached hydrogens (tertiary/aromatic N) is 1. The molecule has 1 atom stereocenters. The molecule has 0 aliphatic carbocycles. The number of nitrogens with one attached hydrogen (secondary N) is 1. The summed E-state index contributed by atoms with van der Waals surface area (Å²) < 4.78 is 22.1. The van der Waals surface area contributed by atoms with E-state index < -0.39 is 31.9 Å². The fourth-order valence-electron chi connectivity index (χ4n) is 3.13. The maximum atomic E-state index is 12.9. The Morgan fingerprint density at radius 2 is 1.67 bits per heavy atom. The Balaban J connectivity index is 2.18. The first kappa shape index (κ1) is 26.4. The van der Waals surface area contributed by atoms with Gasteiger partial charge in [0, 0.05) is 13.0 Å². The highest BCUT2D eigenvalue weighted by molar-refractivity contribution is 7.51. The van der Waals surface area contributed by atoms with E-state index in [-0.39, 0.29) is 25.5 Å². The fourth-order valence-corrected chi connectivity index (χ4v) is 3.82. The second kappa shape index (κ2) is 12.4. The first-order chi connectivity index (χ1) is 15.6. The molecule has 0 aliphatic heterocycles. The summed E-state index contributed by atoms with van der Waals surface area (Å²) in [5, 5.41) is 2.60. The predicted octanol–water partition coefficient (Wildman–Crippen LogP) is 3.15. The van der Waals surface area contributed by atoms with Crippen LogP contribution in [0.4, 0.5) is 4.79 Å². The topological polar surface area (TPSA) is 125 Å². The SMILES string of the molecule is COc1ccc(C[C@@H](NC(=O)N(CC(C)C)CP(=O)(O)O)C(=O)OCc2ccccc2)cc1. The van der Waals surface area contributed by atoms with Crippen molar-refractivity contribution in [3.05, 3.63) is 65.7 Å². The number of esters is 1. The molecular formula is C23H31N2O7P. The van der Waals surface area contributed by atoms with Crippen LogP contribution in [0, 0.1) is 5.92 Å². The minimum absolute atomic E-state index is 0.0346. The average molecular weight is 478 g/mol. The molecule has 3 N–H and O–H groups in total. The predicted molar refractivity (Wildman–Crippen MR) is 124 cm³/mol. The van der Waals surface area contributed by atoms with Gasteiger partial charge in [0.1, 0.15) is 24.7 Å². The molecule has 33 heavy (non-hydrogen) atoms. The molecule has 0 bridgehead atoms. The number of ether oxygens (including phenoxy) is 2. The zero-order valence-electron chi connectivity index (χ0n) is 19.0. The van der Waals surface area contributed by atoms with Crippen LogP contribution in [0.2, 0.25) is 0 Å². The van der Waals surface area contributed by atoms with E-state index in [1.165, 1.54) is 0 Å². The minimum atomic E-state index is -4.49. The average Bonchev–Trinajstić information content (AvgIpc) is 2.76. The van der Waals surface area contributed by atoms with Crippen LogP contribution in [0.5, 0.6) is 5.75 Å². The van der Waals surface area contributed by atoms with Gasteiger partial charge in [-0.1, -0.05) is 56.3 Å². The Morgan fingerprint density at radius 1 is 1.03 bits per heavy atom. The summed E-state index contributed by atoms with van der Waals surface area (Å²) >= 11 is 0.